The van der Waals surface area contributed by atoms with Gasteiger partial charge in [0, 0.05) is 5.92 Å². The van der Waals surface area contributed by atoms with Crippen molar-refractivity contribution in [3.8, 4) is 0 Å². The van der Waals surface area contributed by atoms with E-state index in [1.165, 1.54) is 17.4 Å². The first-order valence-electron chi connectivity index (χ1n) is 7.43. The molecule has 0 aliphatic heterocycles. The standard InChI is InChI=1S/C17H17FN2O2S/c1-9-3-6-12(18)13(7-9)19-17(22)15-10(2)8-14(23-15)20-16(21)11-4-5-11/h3,6-8,11H,4-5H2,1-2H3,(H,19,22)(H,20,21). The molecule has 1 aromatic heterocycles. The average Bonchev–Trinajstić information content (AvgIpc) is 3.27. The van der Waals surface area contributed by atoms with Crippen LogP contribution in [0.5, 0.6) is 0 Å². The van der Waals surface area contributed by atoms with Gasteiger partial charge in [-0.3, -0.25) is 9.59 Å². The maximum absolute atomic E-state index is 13.8. The normalized spacial score (nSPS) is 13.7. The molecular weight excluding hydrogens is 315 g/mol. The minimum atomic E-state index is -0.472. The van der Waals surface area contributed by atoms with Gasteiger partial charge in [0.15, 0.2) is 0 Å². The lowest BCUT2D eigenvalue weighted by Crippen LogP contribution is -2.13. The van der Waals surface area contributed by atoms with Crippen LogP contribution >= 0.6 is 11.3 Å². The Kier molecular flexibility index (Phi) is 4.17. The van der Waals surface area contributed by atoms with Crippen LogP contribution in [0.15, 0.2) is 24.3 Å². The van der Waals surface area contributed by atoms with Crippen molar-refractivity contribution in [1.82, 2.24) is 0 Å². The van der Waals surface area contributed by atoms with E-state index in [4.69, 9.17) is 0 Å². The summed E-state index contributed by atoms with van der Waals surface area (Å²) in [6.07, 6.45) is 1.85. The number of thiophene rings is 1. The zero-order valence-electron chi connectivity index (χ0n) is 12.9. The molecule has 0 bridgehead atoms. The second-order valence-corrected chi connectivity index (χ2v) is 6.88. The number of carbonyl (C=O) groups is 2. The summed E-state index contributed by atoms with van der Waals surface area (Å²) in [6.45, 7) is 3.63. The number of hydrogen-bond donors (Lipinski definition) is 2. The van der Waals surface area contributed by atoms with Gasteiger partial charge in [0.05, 0.1) is 15.6 Å². The number of anilines is 2. The second-order valence-electron chi connectivity index (χ2n) is 5.82. The van der Waals surface area contributed by atoms with Crippen LogP contribution in [0.1, 0.15) is 33.6 Å². The summed E-state index contributed by atoms with van der Waals surface area (Å²) in [5.41, 5.74) is 1.78. The van der Waals surface area contributed by atoms with E-state index in [0.717, 1.165) is 24.0 Å². The Bertz CT molecular complexity index is 781. The lowest BCUT2D eigenvalue weighted by Gasteiger charge is -2.06. The van der Waals surface area contributed by atoms with E-state index >= 15 is 0 Å². The topological polar surface area (TPSA) is 58.2 Å². The monoisotopic (exact) mass is 332 g/mol. The van der Waals surface area contributed by atoms with Crippen molar-refractivity contribution < 1.29 is 14.0 Å². The fourth-order valence-corrected chi connectivity index (χ4v) is 3.22. The van der Waals surface area contributed by atoms with Crippen molar-refractivity contribution >= 4 is 33.8 Å². The Morgan fingerprint density at radius 3 is 2.61 bits per heavy atom. The Labute approximate surface area is 137 Å². The Morgan fingerprint density at radius 1 is 1.17 bits per heavy atom. The summed E-state index contributed by atoms with van der Waals surface area (Å²) >= 11 is 1.20. The highest BCUT2D eigenvalue weighted by Gasteiger charge is 2.30. The fraction of sp³-hybridized carbons (Fsp3) is 0.294. The lowest BCUT2D eigenvalue weighted by molar-refractivity contribution is -0.117. The number of aryl methyl sites for hydroxylation is 2. The predicted octanol–water partition coefficient (Wildman–Crippen LogP) is 4.10. The van der Waals surface area contributed by atoms with Gasteiger partial charge in [0.2, 0.25) is 5.91 Å². The summed E-state index contributed by atoms with van der Waals surface area (Å²) < 4.78 is 13.8. The van der Waals surface area contributed by atoms with Gasteiger partial charge < -0.3 is 10.6 Å². The molecule has 23 heavy (non-hydrogen) atoms. The van der Waals surface area contributed by atoms with Gasteiger partial charge in [-0.15, -0.1) is 11.3 Å². The fourth-order valence-electron chi connectivity index (χ4n) is 2.25. The molecule has 2 N–H and O–H groups in total. The summed E-state index contributed by atoms with van der Waals surface area (Å²) in [4.78, 5) is 24.6. The zero-order chi connectivity index (χ0) is 16.6. The lowest BCUT2D eigenvalue weighted by atomic mass is 10.2. The Morgan fingerprint density at radius 2 is 1.91 bits per heavy atom. The van der Waals surface area contributed by atoms with E-state index in [0.29, 0.717) is 9.88 Å². The maximum atomic E-state index is 13.8. The van der Waals surface area contributed by atoms with Gasteiger partial charge in [0.1, 0.15) is 5.82 Å². The number of nitrogens with one attached hydrogen (secondary N) is 2. The third-order valence-electron chi connectivity index (χ3n) is 3.69. The van der Waals surface area contributed by atoms with Crippen LogP contribution in [0.2, 0.25) is 0 Å². The zero-order valence-corrected chi connectivity index (χ0v) is 13.7. The minimum absolute atomic E-state index is 0.00272. The van der Waals surface area contributed by atoms with Crippen molar-refractivity contribution in [3.05, 3.63) is 46.1 Å². The molecule has 1 aliphatic rings. The first-order chi connectivity index (χ1) is 10.9. The molecule has 2 amide bonds. The van der Waals surface area contributed by atoms with Crippen molar-refractivity contribution in [3.63, 3.8) is 0 Å². The van der Waals surface area contributed by atoms with E-state index in [-0.39, 0.29) is 23.4 Å². The molecule has 0 saturated heterocycles. The van der Waals surface area contributed by atoms with Crippen LogP contribution in [0.3, 0.4) is 0 Å². The molecule has 1 heterocycles. The molecule has 3 rings (SSSR count). The Balaban J connectivity index is 1.75. The smallest absolute Gasteiger partial charge is 0.266 e. The largest absolute Gasteiger partial charge is 0.319 e. The SMILES string of the molecule is Cc1ccc(F)c(NC(=O)c2sc(NC(=O)C3CC3)cc2C)c1. The summed E-state index contributed by atoms with van der Waals surface area (Å²) in [5, 5.41) is 6.07. The minimum Gasteiger partial charge on any atom is -0.319 e. The van der Waals surface area contributed by atoms with Crippen LogP contribution in [0.25, 0.3) is 0 Å². The van der Waals surface area contributed by atoms with Crippen LogP contribution in [0.4, 0.5) is 15.1 Å². The van der Waals surface area contributed by atoms with E-state index in [1.807, 2.05) is 6.92 Å². The van der Waals surface area contributed by atoms with Crippen molar-refractivity contribution in [2.45, 2.75) is 26.7 Å². The predicted molar refractivity (Wildman–Crippen MR) is 89.5 cm³/mol. The van der Waals surface area contributed by atoms with Crippen LogP contribution in [-0.2, 0) is 4.79 Å². The van der Waals surface area contributed by atoms with Crippen molar-refractivity contribution in [1.29, 1.82) is 0 Å². The van der Waals surface area contributed by atoms with Crippen molar-refractivity contribution in [2.75, 3.05) is 10.6 Å². The molecule has 4 nitrogen and oxygen atoms in total. The first-order valence-corrected chi connectivity index (χ1v) is 8.24. The van der Waals surface area contributed by atoms with Gasteiger partial charge in [-0.05, 0) is 56.0 Å². The molecule has 1 aliphatic carbocycles. The first kappa shape index (κ1) is 15.7. The molecule has 120 valence electrons. The molecule has 1 fully saturated rings. The van der Waals surface area contributed by atoms with E-state index in [2.05, 4.69) is 10.6 Å². The van der Waals surface area contributed by atoms with Gasteiger partial charge >= 0.3 is 0 Å². The number of rotatable bonds is 4. The molecule has 0 spiro atoms. The third kappa shape index (κ3) is 3.59. The Hall–Kier alpha value is -2.21. The summed E-state index contributed by atoms with van der Waals surface area (Å²) in [7, 11) is 0. The maximum Gasteiger partial charge on any atom is 0.266 e. The third-order valence-corrected chi connectivity index (χ3v) is 4.84. The van der Waals surface area contributed by atoms with Crippen molar-refractivity contribution in [2.24, 2.45) is 5.92 Å². The van der Waals surface area contributed by atoms with E-state index in [9.17, 15) is 14.0 Å². The molecule has 1 saturated carbocycles. The number of hydrogen-bond acceptors (Lipinski definition) is 3. The number of halogens is 1. The molecule has 2 aromatic rings. The number of benzene rings is 1. The second kappa shape index (κ2) is 6.12. The van der Waals surface area contributed by atoms with E-state index in [1.54, 1.807) is 25.1 Å². The highest BCUT2D eigenvalue weighted by atomic mass is 32.1. The van der Waals surface area contributed by atoms with Crippen LogP contribution in [-0.4, -0.2) is 11.8 Å². The molecular formula is C17H17FN2O2S. The highest BCUT2D eigenvalue weighted by molar-refractivity contribution is 7.18. The number of amides is 2. The van der Waals surface area contributed by atoms with Gasteiger partial charge in [-0.1, -0.05) is 6.07 Å². The molecule has 6 heteroatoms. The van der Waals surface area contributed by atoms with E-state index < -0.39 is 5.82 Å². The molecule has 0 unspecified atom stereocenters. The van der Waals surface area contributed by atoms with Gasteiger partial charge in [-0.25, -0.2) is 4.39 Å². The summed E-state index contributed by atoms with van der Waals surface area (Å²) in [6, 6.07) is 6.33. The van der Waals surface area contributed by atoms with Crippen LogP contribution in [0, 0.1) is 25.6 Å². The molecule has 1 aromatic carbocycles. The molecule has 0 atom stereocenters. The number of carbonyl (C=O) groups excluding carboxylic acids is 2. The molecule has 0 radical (unpaired) electrons. The highest BCUT2D eigenvalue weighted by Crippen LogP contribution is 2.33. The summed E-state index contributed by atoms with van der Waals surface area (Å²) in [5.74, 6) is -0.733. The average molecular weight is 332 g/mol. The van der Waals surface area contributed by atoms with Crippen LogP contribution < -0.4 is 10.6 Å². The van der Waals surface area contributed by atoms with Gasteiger partial charge in [-0.2, -0.15) is 0 Å². The quantitative estimate of drug-likeness (QED) is 0.885. The van der Waals surface area contributed by atoms with Gasteiger partial charge in [0.25, 0.3) is 5.91 Å².